The molecule has 0 bridgehead atoms. The number of nitrogen functional groups attached to an aromatic ring is 1. The Morgan fingerprint density at radius 1 is 1.09 bits per heavy atom. The van der Waals surface area contributed by atoms with Crippen LogP contribution in [-0.4, -0.2) is 71.4 Å². The molecule has 2 saturated heterocycles. The number of hydrogen-bond donors (Lipinski definition) is 2. The average Bonchev–Trinajstić information content (AvgIpc) is 2.98. The summed E-state index contributed by atoms with van der Waals surface area (Å²) in [5, 5.41) is 4.44. The number of nitrogens with one attached hydrogen (secondary N) is 1. The largest absolute Gasteiger partial charge is 0.384 e. The van der Waals surface area contributed by atoms with Gasteiger partial charge in [-0.05, 0) is 37.5 Å². The van der Waals surface area contributed by atoms with Crippen molar-refractivity contribution in [2.45, 2.75) is 46.1 Å². The Hall–Kier alpha value is -3.07. The Labute approximate surface area is 210 Å². The van der Waals surface area contributed by atoms with Crippen LogP contribution in [0.5, 0.6) is 0 Å². The van der Waals surface area contributed by atoms with Gasteiger partial charge in [-0.2, -0.15) is 0 Å². The number of carbonyl (C=O) groups is 3. The number of likely N-dealkylation sites (tertiary alicyclic amines) is 1. The first-order valence-corrected chi connectivity index (χ1v) is 12.4. The van der Waals surface area contributed by atoms with Crippen molar-refractivity contribution in [1.29, 1.82) is 0 Å². The molecule has 3 N–H and O–H groups in total. The van der Waals surface area contributed by atoms with Gasteiger partial charge in [-0.3, -0.25) is 14.5 Å². The highest BCUT2D eigenvalue weighted by molar-refractivity contribution is 6.31. The lowest BCUT2D eigenvalue weighted by molar-refractivity contribution is -0.150. The fourth-order valence-corrected chi connectivity index (χ4v) is 4.80. The summed E-state index contributed by atoms with van der Waals surface area (Å²) < 4.78 is 0. The third-order valence-electron chi connectivity index (χ3n) is 6.55. The highest BCUT2D eigenvalue weighted by Gasteiger charge is 2.37. The summed E-state index contributed by atoms with van der Waals surface area (Å²) in [5.41, 5.74) is 7.06. The summed E-state index contributed by atoms with van der Waals surface area (Å²) in [6, 6.07) is 6.42. The predicted octanol–water partition coefficient (Wildman–Crippen LogP) is 3.26. The van der Waals surface area contributed by atoms with Crippen molar-refractivity contribution >= 4 is 51.9 Å². The number of piperazine rings is 1. The lowest BCUT2D eigenvalue weighted by Gasteiger charge is -2.37. The van der Waals surface area contributed by atoms with Crippen molar-refractivity contribution in [2.24, 2.45) is 5.41 Å². The van der Waals surface area contributed by atoms with E-state index in [0.29, 0.717) is 50.0 Å². The van der Waals surface area contributed by atoms with Crippen LogP contribution in [-0.2, 0) is 9.59 Å². The summed E-state index contributed by atoms with van der Waals surface area (Å²) in [6.07, 6.45) is 2.05. The maximum absolute atomic E-state index is 13.1. The van der Waals surface area contributed by atoms with Gasteiger partial charge in [-0.1, -0.05) is 32.4 Å². The van der Waals surface area contributed by atoms with Crippen molar-refractivity contribution in [3.8, 4) is 0 Å². The Bertz CT molecular complexity index is 1130. The molecule has 1 atom stereocenters. The van der Waals surface area contributed by atoms with E-state index in [-0.39, 0.29) is 17.8 Å². The fraction of sp³-hybridized carbons (Fsp3) is 0.520. The van der Waals surface area contributed by atoms with Gasteiger partial charge in [-0.25, -0.2) is 9.78 Å². The van der Waals surface area contributed by atoms with E-state index in [0.717, 1.165) is 29.4 Å². The molecule has 4 rings (SSSR count). The standard InChI is InChI=1S/C25H33ClN6O3/c1-25(2,3)23(34)32-9-5-4-6-18(22(32)33)29-24(35)31-12-10-30(11-13-31)20-15-21(27)28-19-14-16(26)7-8-17(19)20/h7-8,14-15,18H,4-6,9-13H2,1-3H3,(H2,27,28)(H,29,35)/t18-/m0/s1. The molecule has 2 fully saturated rings. The number of nitrogens with two attached hydrogens (primary N) is 1. The smallest absolute Gasteiger partial charge is 0.318 e. The molecular weight excluding hydrogens is 468 g/mol. The second-order valence-electron chi connectivity index (χ2n) is 10.2. The number of nitrogens with zero attached hydrogens (tertiary/aromatic N) is 4. The Kier molecular flexibility index (Phi) is 7.07. The van der Waals surface area contributed by atoms with Gasteiger partial charge in [0.05, 0.1) is 5.52 Å². The van der Waals surface area contributed by atoms with E-state index in [1.807, 2.05) is 18.2 Å². The molecule has 1 aromatic carbocycles. The van der Waals surface area contributed by atoms with E-state index in [9.17, 15) is 14.4 Å². The van der Waals surface area contributed by atoms with Crippen molar-refractivity contribution in [3.05, 3.63) is 29.3 Å². The topological polar surface area (TPSA) is 112 Å². The van der Waals surface area contributed by atoms with Gasteiger partial charge in [0.15, 0.2) is 0 Å². The highest BCUT2D eigenvalue weighted by atomic mass is 35.5. The van der Waals surface area contributed by atoms with Crippen LogP contribution in [0.25, 0.3) is 10.9 Å². The zero-order valence-corrected chi connectivity index (χ0v) is 21.3. The molecule has 0 saturated carbocycles. The third kappa shape index (κ3) is 5.45. The Balaban J connectivity index is 1.41. The van der Waals surface area contributed by atoms with Crippen LogP contribution >= 0.6 is 11.6 Å². The quantitative estimate of drug-likeness (QED) is 0.654. The predicted molar refractivity (Wildman–Crippen MR) is 137 cm³/mol. The summed E-state index contributed by atoms with van der Waals surface area (Å²) in [4.78, 5) is 48.5. The molecular formula is C25H33ClN6O3. The second kappa shape index (κ2) is 9.89. The number of urea groups is 1. The number of rotatable bonds is 2. The van der Waals surface area contributed by atoms with Crippen LogP contribution < -0.4 is 16.0 Å². The number of fused-ring (bicyclic) bond motifs is 1. The van der Waals surface area contributed by atoms with Crippen molar-refractivity contribution in [3.63, 3.8) is 0 Å². The van der Waals surface area contributed by atoms with Crippen LogP contribution in [0.1, 0.15) is 40.0 Å². The summed E-state index contributed by atoms with van der Waals surface area (Å²) in [6.45, 7) is 8.01. The number of amides is 4. The van der Waals surface area contributed by atoms with Gasteiger partial charge in [0, 0.05) is 60.3 Å². The van der Waals surface area contributed by atoms with E-state index in [2.05, 4.69) is 15.2 Å². The normalized spacial score (nSPS) is 19.6. The van der Waals surface area contributed by atoms with Crippen molar-refractivity contribution < 1.29 is 14.4 Å². The maximum Gasteiger partial charge on any atom is 0.318 e. The summed E-state index contributed by atoms with van der Waals surface area (Å²) in [5.74, 6) is -0.106. The first kappa shape index (κ1) is 25.0. The van der Waals surface area contributed by atoms with Gasteiger partial charge in [0.1, 0.15) is 11.9 Å². The van der Waals surface area contributed by atoms with Gasteiger partial charge in [-0.15, -0.1) is 0 Å². The molecule has 0 radical (unpaired) electrons. The number of imide groups is 1. The van der Waals surface area contributed by atoms with Crippen molar-refractivity contribution in [2.75, 3.05) is 43.4 Å². The summed E-state index contributed by atoms with van der Waals surface area (Å²) in [7, 11) is 0. The van der Waals surface area contributed by atoms with E-state index in [1.54, 1.807) is 31.7 Å². The molecule has 0 spiro atoms. The van der Waals surface area contributed by atoms with E-state index < -0.39 is 11.5 Å². The minimum absolute atomic E-state index is 0.206. The minimum atomic E-state index is -0.692. The van der Waals surface area contributed by atoms with Gasteiger partial charge < -0.3 is 20.9 Å². The molecule has 9 nitrogen and oxygen atoms in total. The average molecular weight is 501 g/mol. The van der Waals surface area contributed by atoms with Crippen LogP contribution in [0.3, 0.4) is 0 Å². The number of carbonyl (C=O) groups excluding carboxylic acids is 3. The van der Waals surface area contributed by atoms with Gasteiger partial charge >= 0.3 is 6.03 Å². The van der Waals surface area contributed by atoms with Gasteiger partial charge in [0.2, 0.25) is 5.91 Å². The maximum atomic E-state index is 13.1. The third-order valence-corrected chi connectivity index (χ3v) is 6.79. The van der Waals surface area contributed by atoms with Crippen molar-refractivity contribution in [1.82, 2.24) is 20.1 Å². The minimum Gasteiger partial charge on any atom is -0.384 e. The Morgan fingerprint density at radius 3 is 2.49 bits per heavy atom. The zero-order chi connectivity index (χ0) is 25.3. The SMILES string of the molecule is CC(C)(C)C(=O)N1CCCC[C@H](NC(=O)N2CCN(c3cc(N)nc4cc(Cl)ccc34)CC2)C1=O. The monoisotopic (exact) mass is 500 g/mol. The number of halogens is 1. The molecule has 10 heteroatoms. The number of pyridine rings is 1. The molecule has 4 amide bonds. The molecule has 0 unspecified atom stereocenters. The van der Waals surface area contributed by atoms with Crippen LogP contribution in [0, 0.1) is 5.41 Å². The molecule has 2 aliphatic rings. The number of aromatic nitrogens is 1. The fourth-order valence-electron chi connectivity index (χ4n) is 4.64. The molecule has 2 aromatic rings. The molecule has 35 heavy (non-hydrogen) atoms. The number of hydrogen-bond acceptors (Lipinski definition) is 6. The Morgan fingerprint density at radius 2 is 1.80 bits per heavy atom. The van der Waals surface area contributed by atoms with Gasteiger partial charge in [0.25, 0.3) is 5.91 Å². The lowest BCUT2D eigenvalue weighted by Crippen LogP contribution is -2.57. The molecule has 3 heterocycles. The number of benzene rings is 1. The highest BCUT2D eigenvalue weighted by Crippen LogP contribution is 2.30. The zero-order valence-electron chi connectivity index (χ0n) is 20.5. The second-order valence-corrected chi connectivity index (χ2v) is 10.7. The number of anilines is 2. The molecule has 2 aliphatic heterocycles. The van der Waals surface area contributed by atoms with Crippen LogP contribution in [0.4, 0.5) is 16.3 Å². The molecule has 188 valence electrons. The van der Waals surface area contributed by atoms with Crippen LogP contribution in [0.2, 0.25) is 5.02 Å². The van der Waals surface area contributed by atoms with E-state index >= 15 is 0 Å². The molecule has 1 aromatic heterocycles. The summed E-state index contributed by atoms with van der Waals surface area (Å²) >= 11 is 6.12. The van der Waals surface area contributed by atoms with E-state index in [4.69, 9.17) is 17.3 Å². The first-order chi connectivity index (χ1) is 16.5. The van der Waals surface area contributed by atoms with E-state index in [1.165, 1.54) is 4.90 Å². The van der Waals surface area contributed by atoms with Crippen LogP contribution in [0.15, 0.2) is 24.3 Å². The first-order valence-electron chi connectivity index (χ1n) is 12.1. The molecule has 0 aliphatic carbocycles. The lowest BCUT2D eigenvalue weighted by atomic mass is 9.94.